The monoisotopic (exact) mass is 347 g/mol. The molecule has 6 heteroatoms. The molecule has 1 N–H and O–H groups in total. The van der Waals surface area contributed by atoms with Gasteiger partial charge in [-0.15, -0.1) is 0 Å². The lowest BCUT2D eigenvalue weighted by Crippen LogP contribution is -2.07. The van der Waals surface area contributed by atoms with Crippen LogP contribution in [0.1, 0.15) is 5.56 Å². The average Bonchev–Trinajstić information content (AvgIpc) is 2.59. The molecule has 0 aliphatic heterocycles. The van der Waals surface area contributed by atoms with Crippen LogP contribution in [0.4, 0.5) is 5.69 Å². The van der Waals surface area contributed by atoms with Crippen LogP contribution in [0.15, 0.2) is 42.5 Å². The predicted octanol–water partition coefficient (Wildman–Crippen LogP) is 4.02. The van der Waals surface area contributed by atoms with Crippen LogP contribution in [0, 0.1) is 0 Å². The molecule has 24 heavy (non-hydrogen) atoms. The van der Waals surface area contributed by atoms with Crippen molar-refractivity contribution >= 4 is 29.3 Å². The van der Waals surface area contributed by atoms with E-state index < -0.39 is 0 Å². The fraction of sp³-hybridized carbons (Fsp3) is 0.167. The summed E-state index contributed by atoms with van der Waals surface area (Å²) in [4.78, 5) is 12.0. The standard InChI is InChI=1S/C18H18ClNO4/c1-22-14-6-4-5-13(11-14)20-17(21)8-7-12-9-15(19)18(24-3)16(10-12)23-2/h4-11H,1-3H3,(H,20,21)/b8-7+. The van der Waals surface area contributed by atoms with E-state index in [2.05, 4.69) is 5.32 Å². The summed E-state index contributed by atoms with van der Waals surface area (Å²) >= 11 is 6.14. The van der Waals surface area contributed by atoms with Gasteiger partial charge in [-0.3, -0.25) is 4.79 Å². The third-order valence-electron chi connectivity index (χ3n) is 3.22. The Balaban J connectivity index is 2.12. The molecule has 0 radical (unpaired) electrons. The van der Waals surface area contributed by atoms with E-state index in [0.29, 0.717) is 28.0 Å². The molecular formula is C18H18ClNO4. The Bertz CT molecular complexity index is 759. The molecule has 0 atom stereocenters. The largest absolute Gasteiger partial charge is 0.497 e. The smallest absolute Gasteiger partial charge is 0.248 e. The maximum Gasteiger partial charge on any atom is 0.248 e. The van der Waals surface area contributed by atoms with E-state index in [-0.39, 0.29) is 5.91 Å². The van der Waals surface area contributed by atoms with Crippen LogP contribution >= 0.6 is 11.6 Å². The quantitative estimate of drug-likeness (QED) is 0.802. The Kier molecular flexibility index (Phi) is 6.09. The SMILES string of the molecule is COc1cccc(NC(=O)/C=C/c2cc(Cl)c(OC)c(OC)c2)c1. The molecule has 5 nitrogen and oxygen atoms in total. The minimum Gasteiger partial charge on any atom is -0.497 e. The minimum absolute atomic E-state index is 0.269. The molecular weight excluding hydrogens is 330 g/mol. The lowest BCUT2D eigenvalue weighted by Gasteiger charge is -2.10. The highest BCUT2D eigenvalue weighted by Gasteiger charge is 2.09. The Morgan fingerprint density at radius 2 is 1.88 bits per heavy atom. The second-order valence-corrected chi connectivity index (χ2v) is 5.20. The maximum atomic E-state index is 12.0. The number of benzene rings is 2. The second-order valence-electron chi connectivity index (χ2n) is 4.79. The summed E-state index contributed by atoms with van der Waals surface area (Å²) in [5.41, 5.74) is 1.37. The molecule has 1 amide bonds. The highest BCUT2D eigenvalue weighted by Crippen LogP contribution is 2.36. The molecule has 0 spiro atoms. The molecule has 0 saturated carbocycles. The third-order valence-corrected chi connectivity index (χ3v) is 3.50. The van der Waals surface area contributed by atoms with Crippen molar-refractivity contribution in [1.82, 2.24) is 0 Å². The second kappa shape index (κ2) is 8.26. The van der Waals surface area contributed by atoms with Crippen molar-refractivity contribution in [1.29, 1.82) is 0 Å². The van der Waals surface area contributed by atoms with Crippen LogP contribution in [-0.2, 0) is 4.79 Å². The normalized spacial score (nSPS) is 10.5. The van der Waals surface area contributed by atoms with Crippen LogP contribution in [-0.4, -0.2) is 27.2 Å². The van der Waals surface area contributed by atoms with Gasteiger partial charge in [0.1, 0.15) is 5.75 Å². The van der Waals surface area contributed by atoms with E-state index in [4.69, 9.17) is 25.8 Å². The first-order chi connectivity index (χ1) is 11.6. The first-order valence-corrected chi connectivity index (χ1v) is 7.49. The molecule has 2 aromatic carbocycles. The van der Waals surface area contributed by atoms with Gasteiger partial charge in [0.25, 0.3) is 0 Å². The van der Waals surface area contributed by atoms with Gasteiger partial charge in [-0.25, -0.2) is 0 Å². The summed E-state index contributed by atoms with van der Waals surface area (Å²) in [5.74, 6) is 1.35. The number of amides is 1. The molecule has 2 rings (SSSR count). The summed E-state index contributed by atoms with van der Waals surface area (Å²) < 4.78 is 15.5. The zero-order valence-electron chi connectivity index (χ0n) is 13.6. The van der Waals surface area contributed by atoms with Crippen LogP contribution in [0.2, 0.25) is 5.02 Å². The van der Waals surface area contributed by atoms with Gasteiger partial charge in [-0.1, -0.05) is 17.7 Å². The van der Waals surface area contributed by atoms with Crippen LogP contribution < -0.4 is 19.5 Å². The maximum absolute atomic E-state index is 12.0. The Hall–Kier alpha value is -2.66. The number of nitrogens with one attached hydrogen (secondary N) is 1. The lowest BCUT2D eigenvalue weighted by molar-refractivity contribution is -0.111. The van der Waals surface area contributed by atoms with Crippen LogP contribution in [0.3, 0.4) is 0 Å². The van der Waals surface area contributed by atoms with Gasteiger partial charge in [-0.2, -0.15) is 0 Å². The average molecular weight is 348 g/mol. The number of carbonyl (C=O) groups is 1. The molecule has 0 aromatic heterocycles. The Morgan fingerprint density at radius 1 is 1.08 bits per heavy atom. The summed E-state index contributed by atoms with van der Waals surface area (Å²) in [7, 11) is 4.61. The van der Waals surface area contributed by atoms with Gasteiger partial charge in [0.15, 0.2) is 11.5 Å². The minimum atomic E-state index is -0.269. The fourth-order valence-electron chi connectivity index (χ4n) is 2.09. The van der Waals surface area contributed by atoms with Crippen molar-refractivity contribution in [2.45, 2.75) is 0 Å². The van der Waals surface area contributed by atoms with Crippen molar-refractivity contribution < 1.29 is 19.0 Å². The molecule has 0 bridgehead atoms. The van der Waals surface area contributed by atoms with Crippen molar-refractivity contribution in [3.8, 4) is 17.2 Å². The van der Waals surface area contributed by atoms with Gasteiger partial charge < -0.3 is 19.5 Å². The number of carbonyl (C=O) groups excluding carboxylic acids is 1. The number of halogens is 1. The third kappa shape index (κ3) is 4.43. The summed E-state index contributed by atoms with van der Waals surface area (Å²) in [6.07, 6.45) is 3.06. The van der Waals surface area contributed by atoms with E-state index in [9.17, 15) is 4.79 Å². The molecule has 0 saturated heterocycles. The van der Waals surface area contributed by atoms with E-state index in [1.807, 2.05) is 0 Å². The number of anilines is 1. The number of ether oxygens (including phenoxy) is 3. The summed E-state index contributed by atoms with van der Waals surface area (Å²) in [6, 6.07) is 10.5. The highest BCUT2D eigenvalue weighted by molar-refractivity contribution is 6.32. The molecule has 126 valence electrons. The Labute approximate surface area is 145 Å². The molecule has 0 heterocycles. The predicted molar refractivity (Wildman–Crippen MR) is 95.2 cm³/mol. The van der Waals surface area contributed by atoms with Gasteiger partial charge >= 0.3 is 0 Å². The fourth-order valence-corrected chi connectivity index (χ4v) is 2.39. The van der Waals surface area contributed by atoms with Crippen molar-refractivity contribution in [3.63, 3.8) is 0 Å². The van der Waals surface area contributed by atoms with Gasteiger partial charge in [0.05, 0.1) is 26.4 Å². The zero-order chi connectivity index (χ0) is 17.5. The van der Waals surface area contributed by atoms with Crippen molar-refractivity contribution in [2.24, 2.45) is 0 Å². The molecule has 2 aromatic rings. The number of hydrogen-bond donors (Lipinski definition) is 1. The zero-order valence-corrected chi connectivity index (χ0v) is 14.4. The van der Waals surface area contributed by atoms with Crippen molar-refractivity contribution in [3.05, 3.63) is 53.1 Å². The van der Waals surface area contributed by atoms with Gasteiger partial charge in [0, 0.05) is 17.8 Å². The van der Waals surface area contributed by atoms with Crippen LogP contribution in [0.5, 0.6) is 17.2 Å². The first-order valence-electron chi connectivity index (χ1n) is 7.12. The lowest BCUT2D eigenvalue weighted by atomic mass is 10.2. The molecule has 0 unspecified atom stereocenters. The van der Waals surface area contributed by atoms with Crippen molar-refractivity contribution in [2.75, 3.05) is 26.6 Å². The molecule has 0 aliphatic carbocycles. The van der Waals surface area contributed by atoms with E-state index in [1.54, 1.807) is 49.6 Å². The molecule has 0 fully saturated rings. The summed E-state index contributed by atoms with van der Waals surface area (Å²) in [5, 5.41) is 3.17. The van der Waals surface area contributed by atoms with E-state index in [0.717, 1.165) is 5.56 Å². The van der Waals surface area contributed by atoms with Gasteiger partial charge in [-0.05, 0) is 35.9 Å². The summed E-state index contributed by atoms with van der Waals surface area (Å²) in [6.45, 7) is 0. The van der Waals surface area contributed by atoms with E-state index in [1.165, 1.54) is 20.3 Å². The Morgan fingerprint density at radius 3 is 2.54 bits per heavy atom. The van der Waals surface area contributed by atoms with E-state index >= 15 is 0 Å². The number of methoxy groups -OCH3 is 3. The van der Waals surface area contributed by atoms with Crippen LogP contribution in [0.25, 0.3) is 6.08 Å². The highest BCUT2D eigenvalue weighted by atomic mass is 35.5. The number of rotatable bonds is 6. The first kappa shape index (κ1) is 17.7. The molecule has 0 aliphatic rings. The topological polar surface area (TPSA) is 56.8 Å². The van der Waals surface area contributed by atoms with Gasteiger partial charge in [0.2, 0.25) is 5.91 Å². The number of hydrogen-bond acceptors (Lipinski definition) is 4.